The molecule has 1 aliphatic rings. The van der Waals surface area contributed by atoms with Gasteiger partial charge in [0.25, 0.3) is 0 Å². The van der Waals surface area contributed by atoms with E-state index in [-0.39, 0.29) is 0 Å². The Kier molecular flexibility index (Phi) is 4.73. The third-order valence-corrected chi connectivity index (χ3v) is 2.26. The van der Waals surface area contributed by atoms with Crippen molar-refractivity contribution in [3.05, 3.63) is 0 Å². The second-order valence-corrected chi connectivity index (χ2v) is 4.77. The van der Waals surface area contributed by atoms with E-state index in [4.69, 9.17) is 18.9 Å². The summed E-state index contributed by atoms with van der Waals surface area (Å²) in [6.07, 6.45) is -1.58. The molecule has 1 heterocycles. The monoisotopic (exact) mass is 247 g/mol. The molecule has 0 aromatic rings. The highest BCUT2D eigenvalue weighted by Gasteiger charge is 2.37. The van der Waals surface area contributed by atoms with Crippen molar-refractivity contribution in [2.75, 3.05) is 27.4 Å². The molecule has 17 heavy (non-hydrogen) atoms. The van der Waals surface area contributed by atoms with Gasteiger partial charge in [-0.2, -0.15) is 0 Å². The van der Waals surface area contributed by atoms with E-state index in [2.05, 4.69) is 0 Å². The van der Waals surface area contributed by atoms with Crippen LogP contribution in [0.5, 0.6) is 0 Å². The molecule has 0 aromatic carbocycles. The lowest BCUT2D eigenvalue weighted by atomic mass is 10.2. The van der Waals surface area contributed by atoms with E-state index in [1.165, 1.54) is 19.1 Å². The first-order valence-electron chi connectivity index (χ1n) is 5.56. The molecule has 0 saturated carbocycles. The van der Waals surface area contributed by atoms with Crippen LogP contribution < -0.4 is 0 Å². The van der Waals surface area contributed by atoms with Gasteiger partial charge in [-0.3, -0.25) is 4.90 Å². The maximum Gasteiger partial charge on any atom is 0.412 e. The molecular weight excluding hydrogens is 226 g/mol. The maximum absolute atomic E-state index is 12.0. The average molecular weight is 247 g/mol. The summed E-state index contributed by atoms with van der Waals surface area (Å²) in [6.45, 7) is 6.29. The molecule has 100 valence electrons. The minimum atomic E-state index is -0.582. The van der Waals surface area contributed by atoms with Crippen molar-refractivity contribution < 1.29 is 23.7 Å². The first-order chi connectivity index (χ1) is 7.89. The van der Waals surface area contributed by atoms with Gasteiger partial charge in [0.1, 0.15) is 5.60 Å². The third-order valence-electron chi connectivity index (χ3n) is 2.26. The predicted octanol–water partition coefficient (Wildman–Crippen LogP) is 1.20. The zero-order valence-corrected chi connectivity index (χ0v) is 11.1. The van der Waals surface area contributed by atoms with Crippen LogP contribution in [0.2, 0.25) is 0 Å². The summed E-state index contributed by atoms with van der Waals surface area (Å²) in [5.74, 6) is 0. The Hall–Kier alpha value is -0.850. The molecule has 6 heteroatoms. The quantitative estimate of drug-likeness (QED) is 0.734. The van der Waals surface area contributed by atoms with E-state index in [0.717, 1.165) is 0 Å². The van der Waals surface area contributed by atoms with E-state index in [9.17, 15) is 4.79 Å². The number of nitrogens with zero attached hydrogens (tertiary/aromatic N) is 1. The lowest BCUT2D eigenvalue weighted by Crippen LogP contribution is -2.56. The summed E-state index contributed by atoms with van der Waals surface area (Å²) in [4.78, 5) is 13.4. The van der Waals surface area contributed by atoms with Gasteiger partial charge in [0, 0.05) is 14.2 Å². The number of carbonyl (C=O) groups excluding carboxylic acids is 1. The smallest absolute Gasteiger partial charge is 0.412 e. The third kappa shape index (κ3) is 3.83. The molecule has 1 saturated heterocycles. The van der Waals surface area contributed by atoms with Crippen LogP contribution in [0.1, 0.15) is 20.8 Å². The van der Waals surface area contributed by atoms with Gasteiger partial charge in [0.2, 0.25) is 6.29 Å². The van der Waals surface area contributed by atoms with Crippen molar-refractivity contribution in [1.82, 2.24) is 4.90 Å². The van der Waals surface area contributed by atoms with E-state index in [1.54, 1.807) is 0 Å². The van der Waals surface area contributed by atoms with Crippen molar-refractivity contribution in [3.8, 4) is 0 Å². The molecule has 0 aromatic heterocycles. The fourth-order valence-electron chi connectivity index (χ4n) is 1.56. The number of ether oxygens (including phenoxy) is 4. The highest BCUT2D eigenvalue weighted by Crippen LogP contribution is 2.19. The molecule has 0 radical (unpaired) electrons. The van der Waals surface area contributed by atoms with Gasteiger partial charge in [-0.25, -0.2) is 4.79 Å². The number of rotatable bonds is 2. The lowest BCUT2D eigenvalue weighted by Gasteiger charge is -2.39. The second kappa shape index (κ2) is 5.66. The van der Waals surface area contributed by atoms with Crippen molar-refractivity contribution in [3.63, 3.8) is 0 Å². The van der Waals surface area contributed by atoms with Gasteiger partial charge in [-0.15, -0.1) is 0 Å². The molecule has 0 spiro atoms. The Bertz CT molecular complexity index is 263. The Labute approximate surface area is 102 Å². The highest BCUT2D eigenvalue weighted by molar-refractivity contribution is 5.68. The normalized spacial score (nSPS) is 25.8. The van der Waals surface area contributed by atoms with E-state index in [0.29, 0.717) is 13.2 Å². The molecule has 1 aliphatic heterocycles. The number of hydrogen-bond donors (Lipinski definition) is 0. The number of hydrogen-bond acceptors (Lipinski definition) is 5. The second-order valence-electron chi connectivity index (χ2n) is 4.77. The fourth-order valence-corrected chi connectivity index (χ4v) is 1.56. The van der Waals surface area contributed by atoms with Crippen LogP contribution in [0, 0.1) is 0 Å². The minimum absolute atomic E-state index is 0.400. The molecule has 1 fully saturated rings. The Morgan fingerprint density at radius 2 is 1.94 bits per heavy atom. The minimum Gasteiger partial charge on any atom is -0.444 e. The highest BCUT2D eigenvalue weighted by atomic mass is 16.7. The average Bonchev–Trinajstić information content (AvgIpc) is 2.25. The number of amides is 1. The molecule has 1 amide bonds. The molecule has 2 atom stereocenters. The maximum atomic E-state index is 12.0. The summed E-state index contributed by atoms with van der Waals surface area (Å²) < 4.78 is 21.0. The van der Waals surface area contributed by atoms with Crippen molar-refractivity contribution in [2.24, 2.45) is 0 Å². The van der Waals surface area contributed by atoms with Crippen molar-refractivity contribution >= 4 is 6.09 Å². The fraction of sp³-hybridized carbons (Fsp3) is 0.909. The van der Waals surface area contributed by atoms with Crippen LogP contribution in [0.25, 0.3) is 0 Å². The van der Waals surface area contributed by atoms with Gasteiger partial charge in [0.05, 0.1) is 13.2 Å². The molecule has 1 rings (SSSR count). The molecule has 2 unspecified atom stereocenters. The Morgan fingerprint density at radius 3 is 2.41 bits per heavy atom. The molecule has 0 aliphatic carbocycles. The largest absolute Gasteiger partial charge is 0.444 e. The molecule has 6 nitrogen and oxygen atoms in total. The van der Waals surface area contributed by atoms with E-state index < -0.39 is 24.2 Å². The van der Waals surface area contributed by atoms with Crippen LogP contribution >= 0.6 is 0 Å². The van der Waals surface area contributed by atoms with Gasteiger partial charge >= 0.3 is 6.09 Å². The summed E-state index contributed by atoms with van der Waals surface area (Å²) in [7, 11) is 3.01. The predicted molar refractivity (Wildman–Crippen MR) is 60.5 cm³/mol. The van der Waals surface area contributed by atoms with Crippen LogP contribution in [0.3, 0.4) is 0 Å². The Morgan fingerprint density at radius 1 is 1.29 bits per heavy atom. The summed E-state index contributed by atoms with van der Waals surface area (Å²) in [5.41, 5.74) is -0.532. The zero-order valence-electron chi connectivity index (χ0n) is 11.1. The number of methoxy groups -OCH3 is 2. The van der Waals surface area contributed by atoms with Gasteiger partial charge in [-0.05, 0) is 20.8 Å². The summed E-state index contributed by atoms with van der Waals surface area (Å²) >= 11 is 0. The molecule has 0 N–H and O–H groups in total. The van der Waals surface area contributed by atoms with Gasteiger partial charge in [0.15, 0.2) is 6.23 Å². The van der Waals surface area contributed by atoms with Crippen LogP contribution in [0.15, 0.2) is 0 Å². The van der Waals surface area contributed by atoms with Gasteiger partial charge < -0.3 is 18.9 Å². The van der Waals surface area contributed by atoms with Crippen LogP contribution in [0.4, 0.5) is 4.79 Å². The first kappa shape index (κ1) is 14.2. The van der Waals surface area contributed by atoms with Crippen LogP contribution in [-0.2, 0) is 18.9 Å². The van der Waals surface area contributed by atoms with Crippen molar-refractivity contribution in [1.29, 1.82) is 0 Å². The number of morpholine rings is 1. The Balaban J connectivity index is 2.70. The molecular formula is C11H21NO5. The zero-order chi connectivity index (χ0) is 13.1. The lowest BCUT2D eigenvalue weighted by molar-refractivity contribution is -0.252. The van der Waals surface area contributed by atoms with Crippen LogP contribution in [-0.4, -0.2) is 56.5 Å². The molecule has 0 bridgehead atoms. The van der Waals surface area contributed by atoms with E-state index >= 15 is 0 Å². The first-order valence-corrected chi connectivity index (χ1v) is 5.56. The SMILES string of the molecule is COC1OCCN(C(=O)OC(C)(C)C)C1OC. The summed E-state index contributed by atoms with van der Waals surface area (Å²) in [6, 6.07) is 0. The topological polar surface area (TPSA) is 57.2 Å². The summed E-state index contributed by atoms with van der Waals surface area (Å²) in [5, 5.41) is 0. The standard InChI is InChI=1S/C11H21NO5/c1-11(2,3)17-10(13)12-6-7-16-9(15-5)8(12)14-4/h8-9H,6-7H2,1-5H3. The van der Waals surface area contributed by atoms with Gasteiger partial charge in [-0.1, -0.05) is 0 Å². The van der Waals surface area contributed by atoms with Crippen molar-refractivity contribution in [2.45, 2.75) is 38.9 Å². The van der Waals surface area contributed by atoms with E-state index in [1.807, 2.05) is 20.8 Å². The number of carbonyl (C=O) groups is 1.